The molecule has 1 aromatic heterocycles. The summed E-state index contributed by atoms with van der Waals surface area (Å²) in [7, 11) is 0. The van der Waals surface area contributed by atoms with Crippen LogP contribution >= 0.6 is 11.3 Å². The monoisotopic (exact) mass is 422 g/mol. The first-order valence-electron chi connectivity index (χ1n) is 10.1. The van der Waals surface area contributed by atoms with Crippen LogP contribution in [-0.4, -0.2) is 86.7 Å². The van der Waals surface area contributed by atoms with Crippen molar-refractivity contribution in [1.29, 1.82) is 0 Å². The summed E-state index contributed by atoms with van der Waals surface area (Å²) in [6.45, 7) is 9.61. The fourth-order valence-electron chi connectivity index (χ4n) is 3.39. The van der Waals surface area contributed by atoms with Gasteiger partial charge >= 0.3 is 6.03 Å². The molecule has 1 atom stereocenters. The first-order valence-corrected chi connectivity index (χ1v) is 10.9. The van der Waals surface area contributed by atoms with Gasteiger partial charge in [-0.25, -0.2) is 4.79 Å². The van der Waals surface area contributed by atoms with E-state index < -0.39 is 0 Å². The molecule has 160 valence electrons. The van der Waals surface area contributed by atoms with Crippen LogP contribution in [0.3, 0.4) is 0 Å². The van der Waals surface area contributed by atoms with Gasteiger partial charge in [-0.05, 0) is 26.0 Å². The van der Waals surface area contributed by atoms with Gasteiger partial charge in [0, 0.05) is 42.5 Å². The van der Waals surface area contributed by atoms with Crippen molar-refractivity contribution in [2.75, 3.05) is 59.0 Å². The maximum atomic E-state index is 11.7. The van der Waals surface area contributed by atoms with Crippen LogP contribution in [0.4, 0.5) is 4.79 Å². The molecule has 0 bridgehead atoms. The molecule has 3 N–H and O–H groups in total. The molecule has 0 aliphatic carbocycles. The molecule has 0 radical (unpaired) electrons. The lowest BCUT2D eigenvalue weighted by Gasteiger charge is -2.33. The summed E-state index contributed by atoms with van der Waals surface area (Å²) in [6, 6.07) is 4.21. The number of ether oxygens (including phenoxy) is 1. The second kappa shape index (κ2) is 10.6. The molecule has 2 saturated heterocycles. The Hall–Kier alpha value is -2.17. The van der Waals surface area contributed by atoms with Crippen LogP contribution in [0.1, 0.15) is 22.7 Å². The SMILES string of the molecule is CCNC(=NCC(c1ccc(C)s1)N1CCOCC1)NCCN1C(=O)CNC1=O. The maximum absolute atomic E-state index is 11.7. The molecule has 3 heterocycles. The van der Waals surface area contributed by atoms with Crippen molar-refractivity contribution in [1.82, 2.24) is 25.8 Å². The molecule has 0 saturated carbocycles. The van der Waals surface area contributed by atoms with Crippen molar-refractivity contribution in [3.63, 3.8) is 0 Å². The smallest absolute Gasteiger partial charge is 0.324 e. The number of aliphatic imine (C=N–C) groups is 1. The number of amides is 3. The largest absolute Gasteiger partial charge is 0.379 e. The molecule has 2 fully saturated rings. The molecule has 3 amide bonds. The van der Waals surface area contributed by atoms with Crippen LogP contribution in [-0.2, 0) is 9.53 Å². The number of nitrogens with zero attached hydrogens (tertiary/aromatic N) is 3. The highest BCUT2D eigenvalue weighted by Gasteiger charge is 2.28. The van der Waals surface area contributed by atoms with E-state index >= 15 is 0 Å². The normalized spacial score (nSPS) is 19.4. The Morgan fingerprint density at radius 3 is 2.72 bits per heavy atom. The number of hydrogen-bond donors (Lipinski definition) is 3. The number of carbonyl (C=O) groups excluding carboxylic acids is 2. The first-order chi connectivity index (χ1) is 14.1. The van der Waals surface area contributed by atoms with E-state index in [2.05, 4.69) is 39.9 Å². The second-order valence-corrected chi connectivity index (χ2v) is 8.28. The van der Waals surface area contributed by atoms with Crippen molar-refractivity contribution < 1.29 is 14.3 Å². The van der Waals surface area contributed by atoms with Crippen molar-refractivity contribution in [3.05, 3.63) is 21.9 Å². The summed E-state index contributed by atoms with van der Waals surface area (Å²) in [5, 5.41) is 9.00. The Bertz CT molecular complexity index is 715. The zero-order chi connectivity index (χ0) is 20.6. The van der Waals surface area contributed by atoms with Gasteiger partial charge in [0.05, 0.1) is 32.3 Å². The summed E-state index contributed by atoms with van der Waals surface area (Å²) in [6.07, 6.45) is 0. The van der Waals surface area contributed by atoms with Crippen LogP contribution in [0.2, 0.25) is 0 Å². The average Bonchev–Trinajstić information content (AvgIpc) is 3.29. The summed E-state index contributed by atoms with van der Waals surface area (Å²) < 4.78 is 5.51. The van der Waals surface area contributed by atoms with Crippen LogP contribution < -0.4 is 16.0 Å². The van der Waals surface area contributed by atoms with Crippen LogP contribution in [0.25, 0.3) is 0 Å². The number of urea groups is 1. The Morgan fingerprint density at radius 2 is 2.10 bits per heavy atom. The van der Waals surface area contributed by atoms with Crippen molar-refractivity contribution in [2.45, 2.75) is 19.9 Å². The Labute approximate surface area is 175 Å². The van der Waals surface area contributed by atoms with Gasteiger partial charge in [0.15, 0.2) is 5.96 Å². The van der Waals surface area contributed by atoms with Crippen molar-refractivity contribution >= 4 is 29.2 Å². The van der Waals surface area contributed by atoms with Crippen LogP contribution in [0.5, 0.6) is 0 Å². The number of thiophene rings is 1. The predicted molar refractivity (Wildman–Crippen MR) is 113 cm³/mol. The molecule has 1 aromatic rings. The molecule has 9 nitrogen and oxygen atoms in total. The molecule has 2 aliphatic rings. The van der Waals surface area contributed by atoms with E-state index in [-0.39, 0.29) is 24.5 Å². The summed E-state index contributed by atoms with van der Waals surface area (Å²) in [4.78, 5) is 34.4. The minimum Gasteiger partial charge on any atom is -0.379 e. The molecular weight excluding hydrogens is 392 g/mol. The molecule has 10 heteroatoms. The highest BCUT2D eigenvalue weighted by atomic mass is 32.1. The highest BCUT2D eigenvalue weighted by molar-refractivity contribution is 7.12. The minimum atomic E-state index is -0.334. The van der Waals surface area contributed by atoms with E-state index in [9.17, 15) is 9.59 Å². The number of aryl methyl sites for hydroxylation is 1. The molecule has 1 unspecified atom stereocenters. The fourth-order valence-corrected chi connectivity index (χ4v) is 4.40. The number of rotatable bonds is 8. The minimum absolute atomic E-state index is 0.0778. The van der Waals surface area contributed by atoms with Gasteiger partial charge in [-0.1, -0.05) is 0 Å². The van der Waals surface area contributed by atoms with Gasteiger partial charge in [0.25, 0.3) is 0 Å². The Kier molecular flexibility index (Phi) is 7.84. The van der Waals surface area contributed by atoms with Crippen LogP contribution in [0.15, 0.2) is 17.1 Å². The average molecular weight is 423 g/mol. The number of nitrogens with one attached hydrogen (secondary N) is 3. The fraction of sp³-hybridized carbons (Fsp3) is 0.632. The van der Waals surface area contributed by atoms with Gasteiger partial charge in [-0.3, -0.25) is 19.6 Å². The number of hydrogen-bond acceptors (Lipinski definition) is 6. The lowest BCUT2D eigenvalue weighted by atomic mass is 10.2. The van der Waals surface area contributed by atoms with E-state index in [1.54, 1.807) is 0 Å². The van der Waals surface area contributed by atoms with Crippen molar-refractivity contribution in [3.8, 4) is 0 Å². The highest BCUT2D eigenvalue weighted by Crippen LogP contribution is 2.28. The topological polar surface area (TPSA) is 98.3 Å². The molecule has 0 aromatic carbocycles. The summed E-state index contributed by atoms with van der Waals surface area (Å²) >= 11 is 1.81. The van der Waals surface area contributed by atoms with Gasteiger partial charge < -0.3 is 20.7 Å². The van der Waals surface area contributed by atoms with Gasteiger partial charge in [0.1, 0.15) is 0 Å². The van der Waals surface area contributed by atoms with E-state index in [0.29, 0.717) is 25.6 Å². The molecule has 0 spiro atoms. The maximum Gasteiger partial charge on any atom is 0.324 e. The quantitative estimate of drug-likeness (QED) is 0.321. The molecule has 29 heavy (non-hydrogen) atoms. The van der Waals surface area contributed by atoms with E-state index in [0.717, 1.165) is 32.8 Å². The predicted octanol–water partition coefficient (Wildman–Crippen LogP) is 0.537. The zero-order valence-electron chi connectivity index (χ0n) is 17.1. The van der Waals surface area contributed by atoms with Gasteiger partial charge in [0.2, 0.25) is 5.91 Å². The molecule has 2 aliphatic heterocycles. The van der Waals surface area contributed by atoms with Crippen molar-refractivity contribution in [2.24, 2.45) is 4.99 Å². The lowest BCUT2D eigenvalue weighted by molar-refractivity contribution is -0.124. The first kappa shape index (κ1) is 21.5. The standard InChI is InChI=1S/C19H30N6O3S/c1-3-20-18(21-6-7-25-17(26)13-23-19(25)27)22-12-15(16-5-4-14(2)29-16)24-8-10-28-11-9-24/h4-5,15H,3,6-13H2,1-2H3,(H,23,27)(H2,20,21,22). The van der Waals surface area contributed by atoms with Gasteiger partial charge in [-0.2, -0.15) is 0 Å². The number of imide groups is 1. The third kappa shape index (κ3) is 5.91. The van der Waals surface area contributed by atoms with E-state index in [1.165, 1.54) is 14.7 Å². The zero-order valence-corrected chi connectivity index (χ0v) is 17.9. The number of carbonyl (C=O) groups is 2. The third-order valence-corrected chi connectivity index (χ3v) is 6.01. The lowest BCUT2D eigenvalue weighted by Crippen LogP contribution is -2.44. The Balaban J connectivity index is 1.62. The van der Waals surface area contributed by atoms with Crippen LogP contribution in [0, 0.1) is 6.92 Å². The second-order valence-electron chi connectivity index (χ2n) is 6.96. The van der Waals surface area contributed by atoms with E-state index in [1.807, 2.05) is 18.3 Å². The summed E-state index contributed by atoms with van der Waals surface area (Å²) in [5.41, 5.74) is 0. The molecule has 3 rings (SSSR count). The number of guanidine groups is 1. The third-order valence-electron chi connectivity index (χ3n) is 4.91. The number of morpholine rings is 1. The van der Waals surface area contributed by atoms with E-state index in [4.69, 9.17) is 9.73 Å². The Morgan fingerprint density at radius 1 is 1.31 bits per heavy atom. The summed E-state index contributed by atoms with van der Waals surface area (Å²) in [5.74, 6) is 0.491. The van der Waals surface area contributed by atoms with Gasteiger partial charge in [-0.15, -0.1) is 11.3 Å². The molecular formula is C19H30N6O3S.